The number of pyridine rings is 1. The Morgan fingerprint density at radius 1 is 1.24 bits per heavy atom. The first-order chi connectivity index (χ1) is 10.1. The smallest absolute Gasteiger partial charge is 0.252 e. The van der Waals surface area contributed by atoms with Crippen molar-refractivity contribution in [1.29, 1.82) is 0 Å². The van der Waals surface area contributed by atoms with Crippen LogP contribution in [0.5, 0.6) is 0 Å². The maximum absolute atomic E-state index is 12.0. The van der Waals surface area contributed by atoms with E-state index in [1.807, 2.05) is 24.3 Å². The quantitative estimate of drug-likeness (QED) is 0.760. The Kier molecular flexibility index (Phi) is 4.12. The Bertz CT molecular complexity index is 838. The molecule has 3 aromatic rings. The van der Waals surface area contributed by atoms with Crippen molar-refractivity contribution in [2.45, 2.75) is 6.42 Å². The zero-order chi connectivity index (χ0) is 14.8. The van der Waals surface area contributed by atoms with Crippen LogP contribution in [-0.2, 0) is 13.5 Å². The highest BCUT2D eigenvalue weighted by Gasteiger charge is 2.06. The van der Waals surface area contributed by atoms with Gasteiger partial charge in [-0.1, -0.05) is 18.2 Å². The fourth-order valence-corrected chi connectivity index (χ4v) is 3.85. The molecule has 0 aliphatic carbocycles. The van der Waals surface area contributed by atoms with Gasteiger partial charge in [0, 0.05) is 35.6 Å². The second kappa shape index (κ2) is 6.03. The summed E-state index contributed by atoms with van der Waals surface area (Å²) in [5.41, 5.74) is 1.87. The first-order valence-electron chi connectivity index (χ1n) is 6.72. The molecule has 0 unspecified atom stereocenters. The number of aryl methyl sites for hydroxylation is 1. The molecule has 3 nitrogen and oxygen atoms in total. The van der Waals surface area contributed by atoms with Crippen LogP contribution in [0, 0.1) is 0 Å². The summed E-state index contributed by atoms with van der Waals surface area (Å²) in [7, 11) is 1.80. The molecule has 0 fully saturated rings. The highest BCUT2D eigenvalue weighted by molar-refractivity contribution is 9.11. The van der Waals surface area contributed by atoms with Crippen molar-refractivity contribution in [1.82, 2.24) is 4.57 Å². The summed E-state index contributed by atoms with van der Waals surface area (Å²) in [6.07, 6.45) is 0.944. The first kappa shape index (κ1) is 14.4. The number of nitrogens with one attached hydrogen (secondary N) is 1. The summed E-state index contributed by atoms with van der Waals surface area (Å²) in [6, 6.07) is 13.8. The van der Waals surface area contributed by atoms with Crippen molar-refractivity contribution in [2.75, 3.05) is 11.9 Å². The third-order valence-corrected chi connectivity index (χ3v) is 5.15. The Morgan fingerprint density at radius 3 is 2.81 bits per heavy atom. The van der Waals surface area contributed by atoms with Crippen LogP contribution < -0.4 is 10.9 Å². The van der Waals surface area contributed by atoms with Gasteiger partial charge < -0.3 is 9.88 Å². The van der Waals surface area contributed by atoms with Crippen LogP contribution in [0.3, 0.4) is 0 Å². The molecule has 3 rings (SSSR count). The van der Waals surface area contributed by atoms with Gasteiger partial charge in [0.05, 0.1) is 9.30 Å². The SMILES string of the molecule is Cn1c(=O)cc(NCCc2ccc(Br)s2)c2ccccc21. The molecule has 0 saturated carbocycles. The van der Waals surface area contributed by atoms with Gasteiger partial charge in [-0.2, -0.15) is 0 Å². The van der Waals surface area contributed by atoms with Crippen LogP contribution in [0.1, 0.15) is 4.88 Å². The van der Waals surface area contributed by atoms with E-state index in [0.29, 0.717) is 0 Å². The molecule has 2 aromatic heterocycles. The van der Waals surface area contributed by atoms with Crippen molar-refractivity contribution in [3.8, 4) is 0 Å². The number of benzene rings is 1. The van der Waals surface area contributed by atoms with Crippen molar-refractivity contribution in [3.63, 3.8) is 0 Å². The molecule has 0 amide bonds. The number of anilines is 1. The Balaban J connectivity index is 1.84. The van der Waals surface area contributed by atoms with Crippen molar-refractivity contribution < 1.29 is 0 Å². The van der Waals surface area contributed by atoms with Crippen LogP contribution in [0.25, 0.3) is 10.9 Å². The average Bonchev–Trinajstić information content (AvgIpc) is 2.90. The topological polar surface area (TPSA) is 34.0 Å². The van der Waals surface area contributed by atoms with Crippen LogP contribution >= 0.6 is 27.3 Å². The fourth-order valence-electron chi connectivity index (χ4n) is 2.36. The third-order valence-electron chi connectivity index (χ3n) is 3.47. The minimum Gasteiger partial charge on any atom is -0.384 e. The zero-order valence-electron chi connectivity index (χ0n) is 11.6. The minimum atomic E-state index is 0.00932. The van der Waals surface area contributed by atoms with Gasteiger partial charge in [-0.15, -0.1) is 11.3 Å². The second-order valence-corrected chi connectivity index (χ2v) is 7.40. The van der Waals surface area contributed by atoms with Gasteiger partial charge in [0.1, 0.15) is 0 Å². The number of aromatic nitrogens is 1. The summed E-state index contributed by atoms with van der Waals surface area (Å²) >= 11 is 5.22. The molecule has 0 spiro atoms. The predicted molar refractivity (Wildman–Crippen MR) is 93.4 cm³/mol. The first-order valence-corrected chi connectivity index (χ1v) is 8.33. The zero-order valence-corrected chi connectivity index (χ0v) is 14.0. The Morgan fingerprint density at radius 2 is 2.05 bits per heavy atom. The van der Waals surface area contributed by atoms with Crippen molar-refractivity contribution in [2.24, 2.45) is 7.05 Å². The normalized spacial score (nSPS) is 11.0. The molecule has 0 atom stereocenters. The summed E-state index contributed by atoms with van der Waals surface area (Å²) in [5, 5.41) is 4.47. The van der Waals surface area contributed by atoms with Gasteiger partial charge in [0.15, 0.2) is 0 Å². The number of hydrogen-bond acceptors (Lipinski definition) is 3. The number of rotatable bonds is 4. The number of halogens is 1. The molecule has 0 aliphatic heterocycles. The van der Waals surface area contributed by atoms with Gasteiger partial charge in [-0.05, 0) is 40.5 Å². The van der Waals surface area contributed by atoms with Crippen molar-refractivity contribution >= 4 is 43.9 Å². The monoisotopic (exact) mass is 362 g/mol. The summed E-state index contributed by atoms with van der Waals surface area (Å²) < 4.78 is 2.83. The van der Waals surface area contributed by atoms with E-state index in [4.69, 9.17) is 0 Å². The van der Waals surface area contributed by atoms with Crippen LogP contribution in [0.2, 0.25) is 0 Å². The highest BCUT2D eigenvalue weighted by atomic mass is 79.9. The second-order valence-electron chi connectivity index (χ2n) is 4.86. The molecular formula is C16H15BrN2OS. The molecule has 21 heavy (non-hydrogen) atoms. The van der Waals surface area contributed by atoms with E-state index >= 15 is 0 Å². The molecule has 2 heterocycles. The van der Waals surface area contributed by atoms with Crippen LogP contribution in [0.15, 0.2) is 51.0 Å². The largest absolute Gasteiger partial charge is 0.384 e. The molecule has 0 bridgehead atoms. The van der Waals surface area contributed by atoms with Gasteiger partial charge in [0.2, 0.25) is 0 Å². The molecular weight excluding hydrogens is 348 g/mol. The number of para-hydroxylation sites is 1. The lowest BCUT2D eigenvalue weighted by Crippen LogP contribution is -2.18. The van der Waals surface area contributed by atoms with Crippen LogP contribution in [0.4, 0.5) is 5.69 Å². The number of nitrogens with zero attached hydrogens (tertiary/aromatic N) is 1. The lowest BCUT2D eigenvalue weighted by atomic mass is 10.1. The summed E-state index contributed by atoms with van der Waals surface area (Å²) in [6.45, 7) is 0.810. The number of hydrogen-bond donors (Lipinski definition) is 1. The molecule has 0 radical (unpaired) electrons. The molecule has 0 saturated heterocycles. The van der Waals surface area contributed by atoms with E-state index in [1.54, 1.807) is 29.0 Å². The number of thiophene rings is 1. The molecule has 1 aromatic carbocycles. The maximum Gasteiger partial charge on any atom is 0.252 e. The third kappa shape index (κ3) is 3.04. The molecule has 108 valence electrons. The van der Waals surface area contributed by atoms with Gasteiger partial charge >= 0.3 is 0 Å². The van der Waals surface area contributed by atoms with E-state index in [-0.39, 0.29) is 5.56 Å². The van der Waals surface area contributed by atoms with E-state index in [9.17, 15) is 4.79 Å². The fraction of sp³-hybridized carbons (Fsp3) is 0.188. The molecule has 5 heteroatoms. The molecule has 1 N–H and O–H groups in total. The molecule has 0 aliphatic rings. The number of fused-ring (bicyclic) bond motifs is 1. The van der Waals surface area contributed by atoms with Crippen molar-refractivity contribution in [3.05, 3.63) is 61.5 Å². The highest BCUT2D eigenvalue weighted by Crippen LogP contribution is 2.23. The van der Waals surface area contributed by atoms with E-state index < -0.39 is 0 Å². The Hall–Kier alpha value is -1.59. The van der Waals surface area contributed by atoms with Gasteiger partial charge in [-0.3, -0.25) is 4.79 Å². The summed E-state index contributed by atoms with van der Waals surface area (Å²) in [4.78, 5) is 13.3. The van der Waals surface area contributed by atoms with E-state index in [1.165, 1.54) is 4.88 Å². The minimum absolute atomic E-state index is 0.00932. The average molecular weight is 363 g/mol. The summed E-state index contributed by atoms with van der Waals surface area (Å²) in [5.74, 6) is 0. The lowest BCUT2D eigenvalue weighted by molar-refractivity contribution is 0.905. The standard InChI is InChI=1S/C16H15BrN2OS/c1-19-14-5-3-2-4-12(14)13(10-16(19)20)18-9-8-11-6-7-15(17)21-11/h2-7,10,18H,8-9H2,1H3. The van der Waals surface area contributed by atoms with Gasteiger partial charge in [0.25, 0.3) is 5.56 Å². The van der Waals surface area contributed by atoms with Crippen LogP contribution in [-0.4, -0.2) is 11.1 Å². The van der Waals surface area contributed by atoms with Gasteiger partial charge in [-0.25, -0.2) is 0 Å². The predicted octanol–water partition coefficient (Wildman–Crippen LogP) is 4.02. The lowest BCUT2D eigenvalue weighted by Gasteiger charge is -2.11. The van der Waals surface area contributed by atoms with E-state index in [2.05, 4.69) is 33.4 Å². The maximum atomic E-state index is 12.0. The Labute approximate surface area is 135 Å². The van der Waals surface area contributed by atoms with E-state index in [0.717, 1.165) is 33.3 Å².